The lowest BCUT2D eigenvalue weighted by molar-refractivity contribution is 0.697. The number of imidazole rings is 1. The fourth-order valence-electron chi connectivity index (χ4n) is 1.62. The first-order chi connectivity index (χ1) is 6.29. The topological polar surface area (TPSA) is 39.8 Å². The maximum Gasteiger partial charge on any atom is 0.330 e. The first-order valence-electron chi connectivity index (χ1n) is 4.29. The highest BCUT2D eigenvalue weighted by Gasteiger charge is 2.29. The molecular formula is C8H9N3OS. The van der Waals surface area contributed by atoms with E-state index in [0.29, 0.717) is 6.04 Å². The van der Waals surface area contributed by atoms with Gasteiger partial charge in [0.15, 0.2) is 5.65 Å². The number of aromatic nitrogens is 3. The number of hydrogen-bond donors (Lipinski definition) is 0. The van der Waals surface area contributed by atoms with Gasteiger partial charge in [-0.25, -0.2) is 9.78 Å². The summed E-state index contributed by atoms with van der Waals surface area (Å²) in [6.45, 7) is 0. The number of rotatable bonds is 1. The highest BCUT2D eigenvalue weighted by molar-refractivity contribution is 7.16. The molecule has 2 heterocycles. The normalized spacial score (nSPS) is 17.0. The van der Waals surface area contributed by atoms with Gasteiger partial charge in [0.1, 0.15) is 4.83 Å². The van der Waals surface area contributed by atoms with Gasteiger partial charge in [0, 0.05) is 13.1 Å². The van der Waals surface area contributed by atoms with Crippen LogP contribution in [0.25, 0.3) is 10.5 Å². The van der Waals surface area contributed by atoms with E-state index in [9.17, 15) is 4.79 Å². The average Bonchev–Trinajstić information content (AvgIpc) is 2.77. The van der Waals surface area contributed by atoms with Crippen LogP contribution in [0, 0.1) is 0 Å². The zero-order valence-electron chi connectivity index (χ0n) is 7.23. The van der Waals surface area contributed by atoms with Gasteiger partial charge in [0.2, 0.25) is 0 Å². The molecule has 4 nitrogen and oxygen atoms in total. The van der Waals surface area contributed by atoms with Crippen molar-refractivity contribution in [2.45, 2.75) is 18.9 Å². The van der Waals surface area contributed by atoms with Gasteiger partial charge in [-0.3, -0.25) is 9.13 Å². The van der Waals surface area contributed by atoms with Gasteiger partial charge in [0.25, 0.3) is 0 Å². The molecule has 0 N–H and O–H groups in total. The Bertz CT molecular complexity index is 517. The first kappa shape index (κ1) is 7.32. The molecule has 1 aliphatic rings. The molecule has 1 fully saturated rings. The molecule has 3 rings (SSSR count). The molecule has 0 aromatic carbocycles. The Labute approximate surface area is 78.4 Å². The van der Waals surface area contributed by atoms with E-state index in [1.54, 1.807) is 28.5 Å². The maximum absolute atomic E-state index is 11.7. The second-order valence-electron chi connectivity index (χ2n) is 3.42. The van der Waals surface area contributed by atoms with E-state index in [1.807, 2.05) is 4.57 Å². The van der Waals surface area contributed by atoms with Gasteiger partial charge < -0.3 is 0 Å². The Kier molecular flexibility index (Phi) is 1.25. The summed E-state index contributed by atoms with van der Waals surface area (Å²) in [7, 11) is 1.78. The van der Waals surface area contributed by atoms with E-state index < -0.39 is 0 Å². The number of thiazole rings is 1. The summed E-state index contributed by atoms with van der Waals surface area (Å²) >= 11 is 1.55. The molecule has 2 aromatic heterocycles. The third-order valence-electron chi connectivity index (χ3n) is 2.47. The number of aryl methyl sites for hydroxylation is 1. The molecule has 68 valence electrons. The molecule has 0 bridgehead atoms. The predicted molar refractivity (Wildman–Crippen MR) is 51.1 cm³/mol. The van der Waals surface area contributed by atoms with Crippen molar-refractivity contribution in [1.29, 1.82) is 0 Å². The number of fused-ring (bicyclic) bond motifs is 1. The Hall–Kier alpha value is -1.10. The van der Waals surface area contributed by atoms with E-state index in [4.69, 9.17) is 0 Å². The van der Waals surface area contributed by atoms with E-state index in [-0.39, 0.29) is 5.69 Å². The smallest absolute Gasteiger partial charge is 0.279 e. The highest BCUT2D eigenvalue weighted by Crippen LogP contribution is 2.36. The first-order valence-corrected chi connectivity index (χ1v) is 5.17. The quantitative estimate of drug-likeness (QED) is 0.684. The summed E-state index contributed by atoms with van der Waals surface area (Å²) in [5, 5.41) is 0. The van der Waals surface area contributed by atoms with Crippen LogP contribution >= 0.6 is 11.3 Å². The lowest BCUT2D eigenvalue weighted by atomic mass is 10.6. The van der Waals surface area contributed by atoms with Gasteiger partial charge in [0.05, 0.1) is 5.51 Å². The van der Waals surface area contributed by atoms with E-state index in [2.05, 4.69) is 4.98 Å². The van der Waals surface area contributed by atoms with Crippen molar-refractivity contribution in [3.05, 3.63) is 16.0 Å². The van der Waals surface area contributed by atoms with Crippen molar-refractivity contribution >= 4 is 21.8 Å². The number of hydrogen-bond acceptors (Lipinski definition) is 3. The van der Waals surface area contributed by atoms with Gasteiger partial charge in [-0.05, 0) is 12.8 Å². The van der Waals surface area contributed by atoms with Crippen LogP contribution < -0.4 is 5.69 Å². The van der Waals surface area contributed by atoms with Crippen molar-refractivity contribution < 1.29 is 0 Å². The molecule has 0 spiro atoms. The molecule has 0 atom stereocenters. The average molecular weight is 195 g/mol. The van der Waals surface area contributed by atoms with Crippen LogP contribution in [0.2, 0.25) is 0 Å². The molecule has 13 heavy (non-hydrogen) atoms. The van der Waals surface area contributed by atoms with Gasteiger partial charge in [-0.1, -0.05) is 0 Å². The minimum atomic E-state index is 0.0804. The summed E-state index contributed by atoms with van der Waals surface area (Å²) in [6.07, 6.45) is 2.27. The lowest BCUT2D eigenvalue weighted by Gasteiger charge is -1.94. The van der Waals surface area contributed by atoms with E-state index in [0.717, 1.165) is 23.3 Å². The second-order valence-corrected chi connectivity index (χ2v) is 4.26. The summed E-state index contributed by atoms with van der Waals surface area (Å²) in [5.41, 5.74) is 2.70. The van der Waals surface area contributed by atoms with Crippen LogP contribution in [0.3, 0.4) is 0 Å². The standard InChI is InChI=1S/C8H9N3OS/c1-10-6-7(13-4-9-6)11(8(10)12)5-2-3-5/h4-5H,2-3H2,1H3. The largest absolute Gasteiger partial charge is 0.330 e. The maximum atomic E-state index is 11.7. The third-order valence-corrected chi connectivity index (χ3v) is 3.29. The van der Waals surface area contributed by atoms with Crippen molar-refractivity contribution in [3.63, 3.8) is 0 Å². The van der Waals surface area contributed by atoms with Gasteiger partial charge in [-0.15, -0.1) is 11.3 Å². The highest BCUT2D eigenvalue weighted by atomic mass is 32.1. The molecule has 0 unspecified atom stereocenters. The van der Waals surface area contributed by atoms with E-state index >= 15 is 0 Å². The monoisotopic (exact) mass is 195 g/mol. The lowest BCUT2D eigenvalue weighted by Crippen LogP contribution is -2.21. The Morgan fingerprint density at radius 1 is 1.62 bits per heavy atom. The van der Waals surface area contributed by atoms with Crippen LogP contribution in [0.15, 0.2) is 10.3 Å². The summed E-state index contributed by atoms with van der Waals surface area (Å²) < 4.78 is 3.51. The van der Waals surface area contributed by atoms with Crippen LogP contribution in [0.4, 0.5) is 0 Å². The van der Waals surface area contributed by atoms with Crippen molar-refractivity contribution in [3.8, 4) is 0 Å². The zero-order chi connectivity index (χ0) is 9.00. The molecule has 0 amide bonds. The van der Waals surface area contributed by atoms with Crippen LogP contribution in [0.5, 0.6) is 0 Å². The number of nitrogens with zero attached hydrogens (tertiary/aromatic N) is 3. The molecule has 5 heteroatoms. The molecular weight excluding hydrogens is 186 g/mol. The van der Waals surface area contributed by atoms with Crippen LogP contribution in [-0.2, 0) is 7.05 Å². The summed E-state index contributed by atoms with van der Waals surface area (Å²) in [4.78, 5) is 16.9. The molecule has 0 saturated heterocycles. The Morgan fingerprint density at radius 2 is 2.38 bits per heavy atom. The Balaban J connectivity index is 2.46. The minimum Gasteiger partial charge on any atom is -0.279 e. The van der Waals surface area contributed by atoms with Crippen LogP contribution in [-0.4, -0.2) is 14.1 Å². The molecule has 0 aliphatic heterocycles. The summed E-state index contributed by atoms with van der Waals surface area (Å²) in [5.74, 6) is 0. The van der Waals surface area contributed by atoms with Crippen molar-refractivity contribution in [1.82, 2.24) is 14.1 Å². The fourth-order valence-corrected chi connectivity index (χ4v) is 2.51. The zero-order valence-corrected chi connectivity index (χ0v) is 8.04. The van der Waals surface area contributed by atoms with Gasteiger partial charge >= 0.3 is 5.69 Å². The van der Waals surface area contributed by atoms with Crippen molar-refractivity contribution in [2.75, 3.05) is 0 Å². The molecule has 1 aliphatic carbocycles. The van der Waals surface area contributed by atoms with Gasteiger partial charge in [-0.2, -0.15) is 0 Å². The minimum absolute atomic E-state index is 0.0804. The van der Waals surface area contributed by atoms with E-state index in [1.165, 1.54) is 0 Å². The second kappa shape index (κ2) is 2.23. The third kappa shape index (κ3) is 0.848. The predicted octanol–water partition coefficient (Wildman–Crippen LogP) is 1.13. The molecule has 2 aromatic rings. The van der Waals surface area contributed by atoms with Crippen LogP contribution in [0.1, 0.15) is 18.9 Å². The summed E-state index contributed by atoms with van der Waals surface area (Å²) in [6, 6.07) is 0.441. The SMILES string of the molecule is Cn1c(=O)n(C2CC2)c2scnc21. The van der Waals surface area contributed by atoms with Crippen molar-refractivity contribution in [2.24, 2.45) is 7.05 Å². The fraction of sp³-hybridized carbons (Fsp3) is 0.500. The molecule has 0 radical (unpaired) electrons. The molecule has 1 saturated carbocycles. The Morgan fingerprint density at radius 3 is 3.08 bits per heavy atom.